The highest BCUT2D eigenvalue weighted by molar-refractivity contribution is 6.53. The Morgan fingerprint density at radius 1 is 0.886 bits per heavy atom. The summed E-state index contributed by atoms with van der Waals surface area (Å²) in [6.45, 7) is 0. The third-order valence-corrected chi connectivity index (χ3v) is 5.52. The van der Waals surface area contributed by atoms with Gasteiger partial charge in [-0.25, -0.2) is 9.29 Å². The molecule has 3 aromatic carbocycles. The Morgan fingerprint density at radius 3 is 2.17 bits per heavy atom. The summed E-state index contributed by atoms with van der Waals surface area (Å²) in [6.07, 6.45) is 0. The molecule has 4 rings (SSSR count). The van der Waals surface area contributed by atoms with Crippen LogP contribution in [0, 0.1) is 5.82 Å². The van der Waals surface area contributed by atoms with E-state index in [0.29, 0.717) is 22.7 Å². The molecule has 1 aliphatic heterocycles. The number of carbonyl (C=O) groups excluding carboxylic acids is 3. The van der Waals surface area contributed by atoms with Gasteiger partial charge in [-0.3, -0.25) is 14.4 Å². The summed E-state index contributed by atoms with van der Waals surface area (Å²) in [4.78, 5) is 39.3. The first-order valence-corrected chi connectivity index (χ1v) is 10.6. The van der Waals surface area contributed by atoms with Crippen LogP contribution in [-0.2, 0) is 9.59 Å². The largest absolute Gasteiger partial charge is 0.497 e. The predicted octanol–water partition coefficient (Wildman–Crippen LogP) is 4.53. The minimum Gasteiger partial charge on any atom is -0.497 e. The normalized spacial score (nSPS) is 13.2. The zero-order valence-corrected chi connectivity index (χ0v) is 19.4. The molecule has 1 aliphatic rings. The van der Waals surface area contributed by atoms with Crippen LogP contribution >= 0.6 is 11.6 Å². The molecule has 35 heavy (non-hydrogen) atoms. The lowest BCUT2D eigenvalue weighted by Gasteiger charge is -2.19. The van der Waals surface area contributed by atoms with Gasteiger partial charge in [0, 0.05) is 23.0 Å². The molecule has 0 fully saturated rings. The quantitative estimate of drug-likeness (QED) is 0.467. The summed E-state index contributed by atoms with van der Waals surface area (Å²) in [5.74, 6) is -1.49. The monoisotopic (exact) mass is 495 g/mol. The average Bonchev–Trinajstić information content (AvgIpc) is 3.08. The van der Waals surface area contributed by atoms with E-state index in [9.17, 15) is 18.8 Å². The van der Waals surface area contributed by atoms with Crippen LogP contribution in [0.1, 0.15) is 10.4 Å². The van der Waals surface area contributed by atoms with Crippen molar-refractivity contribution in [3.63, 3.8) is 0 Å². The van der Waals surface area contributed by atoms with Crippen LogP contribution < -0.4 is 25.0 Å². The van der Waals surface area contributed by atoms with Gasteiger partial charge in [0.1, 0.15) is 28.0 Å². The fraction of sp³-hybridized carbons (Fsp3) is 0.0800. The van der Waals surface area contributed by atoms with Crippen LogP contribution in [0.3, 0.4) is 0 Å². The second-order valence-electron chi connectivity index (χ2n) is 7.34. The van der Waals surface area contributed by atoms with E-state index in [1.165, 1.54) is 56.7 Å². The van der Waals surface area contributed by atoms with Gasteiger partial charge < -0.3 is 20.1 Å². The van der Waals surface area contributed by atoms with E-state index in [4.69, 9.17) is 21.1 Å². The van der Waals surface area contributed by atoms with E-state index in [2.05, 4.69) is 10.6 Å². The van der Waals surface area contributed by atoms with Crippen LogP contribution in [0.15, 0.2) is 77.5 Å². The van der Waals surface area contributed by atoms with Crippen molar-refractivity contribution in [1.29, 1.82) is 0 Å². The Kier molecular flexibility index (Phi) is 6.70. The summed E-state index contributed by atoms with van der Waals surface area (Å²) < 4.78 is 23.5. The van der Waals surface area contributed by atoms with Crippen molar-refractivity contribution in [2.45, 2.75) is 0 Å². The van der Waals surface area contributed by atoms with Crippen molar-refractivity contribution in [3.8, 4) is 11.5 Å². The van der Waals surface area contributed by atoms with E-state index < -0.39 is 23.5 Å². The van der Waals surface area contributed by atoms with Gasteiger partial charge in [0.25, 0.3) is 17.7 Å². The van der Waals surface area contributed by atoms with Gasteiger partial charge in [-0.05, 0) is 60.7 Å². The fourth-order valence-corrected chi connectivity index (χ4v) is 3.60. The molecule has 2 N–H and O–H groups in total. The lowest BCUT2D eigenvalue weighted by atomic mass is 10.2. The number of benzene rings is 3. The molecule has 1 heterocycles. The molecule has 0 radical (unpaired) electrons. The van der Waals surface area contributed by atoms with Gasteiger partial charge >= 0.3 is 0 Å². The molecule has 0 bridgehead atoms. The molecule has 0 saturated carbocycles. The van der Waals surface area contributed by atoms with Crippen LogP contribution in [0.5, 0.6) is 11.5 Å². The fourth-order valence-electron chi connectivity index (χ4n) is 3.39. The Balaban J connectivity index is 1.51. The van der Waals surface area contributed by atoms with Crippen LogP contribution in [0.25, 0.3) is 0 Å². The molecule has 3 amide bonds. The average molecular weight is 496 g/mol. The molecule has 0 aliphatic carbocycles. The van der Waals surface area contributed by atoms with E-state index in [1.807, 2.05) is 0 Å². The predicted molar refractivity (Wildman–Crippen MR) is 129 cm³/mol. The number of carbonyl (C=O) groups is 3. The molecule has 0 saturated heterocycles. The van der Waals surface area contributed by atoms with Crippen molar-refractivity contribution in [2.75, 3.05) is 29.8 Å². The summed E-state index contributed by atoms with van der Waals surface area (Å²) >= 11 is 6.21. The number of hydrogen-bond donors (Lipinski definition) is 2. The van der Waals surface area contributed by atoms with E-state index in [-0.39, 0.29) is 22.2 Å². The number of amides is 3. The van der Waals surface area contributed by atoms with Gasteiger partial charge in [0.05, 0.1) is 19.9 Å². The molecule has 0 atom stereocenters. The molecular weight excluding hydrogens is 477 g/mol. The molecule has 0 aromatic heterocycles. The number of anilines is 3. The molecule has 8 nitrogen and oxygen atoms in total. The van der Waals surface area contributed by atoms with Gasteiger partial charge in [0.2, 0.25) is 0 Å². The summed E-state index contributed by atoms with van der Waals surface area (Å²) in [5, 5.41) is 5.21. The summed E-state index contributed by atoms with van der Waals surface area (Å²) in [7, 11) is 2.87. The Hall–Kier alpha value is -4.37. The number of imide groups is 1. The van der Waals surface area contributed by atoms with Crippen LogP contribution in [-0.4, -0.2) is 31.9 Å². The third-order valence-electron chi connectivity index (χ3n) is 5.17. The Morgan fingerprint density at radius 2 is 1.54 bits per heavy atom. The van der Waals surface area contributed by atoms with E-state index >= 15 is 0 Å². The van der Waals surface area contributed by atoms with Crippen LogP contribution in [0.2, 0.25) is 0 Å². The number of halogens is 2. The molecule has 178 valence electrons. The number of rotatable bonds is 7. The first-order chi connectivity index (χ1) is 16.8. The lowest BCUT2D eigenvalue weighted by Crippen LogP contribution is -2.32. The Bertz CT molecular complexity index is 1340. The zero-order valence-electron chi connectivity index (χ0n) is 18.6. The molecule has 3 aromatic rings. The highest BCUT2D eigenvalue weighted by atomic mass is 35.5. The van der Waals surface area contributed by atoms with Crippen molar-refractivity contribution >= 4 is 46.4 Å². The van der Waals surface area contributed by atoms with Gasteiger partial charge in [0.15, 0.2) is 0 Å². The highest BCUT2D eigenvalue weighted by Gasteiger charge is 2.40. The second-order valence-corrected chi connectivity index (χ2v) is 7.71. The van der Waals surface area contributed by atoms with Gasteiger partial charge in [-0.2, -0.15) is 0 Å². The zero-order chi connectivity index (χ0) is 25.1. The first-order valence-electron chi connectivity index (χ1n) is 10.3. The topological polar surface area (TPSA) is 97.0 Å². The molecule has 10 heteroatoms. The minimum atomic E-state index is -0.721. The molecule has 0 unspecified atom stereocenters. The maximum absolute atomic E-state index is 13.1. The standard InChI is InChI=1S/C25H19ClFN3O5/c1-34-18-11-12-20(35-2)19(13-18)30-24(32)21(26)22(25(30)33)28-16-7-3-14(4-8-16)23(31)29-17-9-5-15(27)6-10-17/h3-13,28H,1-2H3,(H,29,31). The molecule has 0 spiro atoms. The van der Waals surface area contributed by atoms with E-state index in [0.717, 1.165) is 4.90 Å². The highest BCUT2D eigenvalue weighted by Crippen LogP contribution is 2.37. The second kappa shape index (κ2) is 9.86. The van der Waals surface area contributed by atoms with Crippen molar-refractivity contribution in [3.05, 3.63) is 88.8 Å². The SMILES string of the molecule is COc1ccc(OC)c(N2C(=O)C(Cl)=C(Nc3ccc(C(=O)Nc4ccc(F)cc4)cc3)C2=O)c1. The smallest absolute Gasteiger partial charge is 0.283 e. The summed E-state index contributed by atoms with van der Waals surface area (Å²) in [5.41, 5.74) is 1.27. The molecular formula is C25H19ClFN3O5. The minimum absolute atomic E-state index is 0.120. The van der Waals surface area contributed by atoms with Gasteiger partial charge in [-0.1, -0.05) is 11.6 Å². The summed E-state index contributed by atoms with van der Waals surface area (Å²) in [6, 6.07) is 16.3. The van der Waals surface area contributed by atoms with Crippen LogP contribution in [0.4, 0.5) is 21.5 Å². The lowest BCUT2D eigenvalue weighted by molar-refractivity contribution is -0.120. The number of ether oxygens (including phenoxy) is 2. The Labute approximate surface area is 204 Å². The maximum Gasteiger partial charge on any atom is 0.283 e. The van der Waals surface area contributed by atoms with Gasteiger partial charge in [-0.15, -0.1) is 0 Å². The first kappa shape index (κ1) is 23.8. The number of methoxy groups -OCH3 is 2. The number of hydrogen-bond acceptors (Lipinski definition) is 6. The van der Waals surface area contributed by atoms with E-state index in [1.54, 1.807) is 24.3 Å². The number of nitrogens with zero attached hydrogens (tertiary/aromatic N) is 1. The third kappa shape index (κ3) is 4.80. The van der Waals surface area contributed by atoms with Crippen molar-refractivity contribution < 1.29 is 28.2 Å². The maximum atomic E-state index is 13.1. The number of nitrogens with one attached hydrogen (secondary N) is 2. The van der Waals surface area contributed by atoms with Crippen molar-refractivity contribution in [2.24, 2.45) is 0 Å². The van der Waals surface area contributed by atoms with Crippen molar-refractivity contribution in [1.82, 2.24) is 0 Å².